The van der Waals surface area contributed by atoms with Crippen molar-refractivity contribution < 1.29 is 9.18 Å². The lowest BCUT2D eigenvalue weighted by molar-refractivity contribution is 0.102. The molecule has 0 aliphatic heterocycles. The van der Waals surface area contributed by atoms with Gasteiger partial charge in [0.25, 0.3) is 5.91 Å². The van der Waals surface area contributed by atoms with Crippen molar-refractivity contribution >= 4 is 11.7 Å². The lowest BCUT2D eigenvalue weighted by atomic mass is 10.0. The van der Waals surface area contributed by atoms with Crippen LogP contribution in [0.5, 0.6) is 0 Å². The number of pyridine rings is 1. The number of amides is 1. The van der Waals surface area contributed by atoms with Crippen molar-refractivity contribution in [2.45, 2.75) is 13.8 Å². The van der Waals surface area contributed by atoms with Gasteiger partial charge in [-0.2, -0.15) is 0 Å². The highest BCUT2D eigenvalue weighted by molar-refractivity contribution is 6.04. The van der Waals surface area contributed by atoms with Gasteiger partial charge in [-0.15, -0.1) is 0 Å². The monoisotopic (exact) mass is 320 g/mol. The van der Waals surface area contributed by atoms with Crippen LogP contribution in [0.25, 0.3) is 11.1 Å². The zero-order valence-corrected chi connectivity index (χ0v) is 13.5. The summed E-state index contributed by atoms with van der Waals surface area (Å²) in [6, 6.07) is 16.0. The molecular weight excluding hydrogens is 303 g/mol. The Kier molecular flexibility index (Phi) is 4.38. The predicted octanol–water partition coefficient (Wildman–Crippen LogP) is 4.76. The fourth-order valence-electron chi connectivity index (χ4n) is 2.42. The van der Waals surface area contributed by atoms with Crippen LogP contribution in [-0.4, -0.2) is 10.9 Å². The number of halogens is 1. The molecule has 3 nitrogen and oxygen atoms in total. The third-order valence-corrected chi connectivity index (χ3v) is 3.84. The second-order valence-corrected chi connectivity index (χ2v) is 5.68. The Labute approximate surface area is 140 Å². The summed E-state index contributed by atoms with van der Waals surface area (Å²) < 4.78 is 14.4. The SMILES string of the molecule is Cc1ccc(-c2ccc(C(=O)Nc3ncccc3C)c(F)c2)cc1. The van der Waals surface area contributed by atoms with Crippen LogP contribution < -0.4 is 5.32 Å². The summed E-state index contributed by atoms with van der Waals surface area (Å²) in [6.07, 6.45) is 1.58. The van der Waals surface area contributed by atoms with Crippen LogP contribution in [0.15, 0.2) is 60.8 Å². The zero-order chi connectivity index (χ0) is 17.1. The molecule has 0 saturated carbocycles. The molecule has 3 aromatic rings. The number of rotatable bonds is 3. The van der Waals surface area contributed by atoms with Gasteiger partial charge in [0, 0.05) is 6.20 Å². The number of nitrogens with zero attached hydrogens (tertiary/aromatic N) is 1. The van der Waals surface area contributed by atoms with Gasteiger partial charge in [-0.25, -0.2) is 9.37 Å². The van der Waals surface area contributed by atoms with Gasteiger partial charge in [0.1, 0.15) is 11.6 Å². The highest BCUT2D eigenvalue weighted by atomic mass is 19.1. The van der Waals surface area contributed by atoms with Crippen LogP contribution in [0.2, 0.25) is 0 Å². The standard InChI is InChI=1S/C20H17FN2O/c1-13-5-7-15(8-6-13)16-9-10-17(18(21)12-16)20(24)23-19-14(2)4-3-11-22-19/h3-12H,1-2H3,(H,22,23,24). The van der Waals surface area contributed by atoms with E-state index in [1.165, 1.54) is 12.1 Å². The number of carbonyl (C=O) groups excluding carboxylic acids is 1. The minimum atomic E-state index is -0.556. The number of benzene rings is 2. The first kappa shape index (κ1) is 15.9. The van der Waals surface area contributed by atoms with E-state index in [4.69, 9.17) is 0 Å². The van der Waals surface area contributed by atoms with Crippen molar-refractivity contribution in [3.8, 4) is 11.1 Å². The van der Waals surface area contributed by atoms with Gasteiger partial charge in [-0.3, -0.25) is 4.79 Å². The summed E-state index contributed by atoms with van der Waals surface area (Å²) in [6.45, 7) is 3.83. The van der Waals surface area contributed by atoms with E-state index in [-0.39, 0.29) is 5.56 Å². The smallest absolute Gasteiger partial charge is 0.259 e. The van der Waals surface area contributed by atoms with E-state index >= 15 is 0 Å². The summed E-state index contributed by atoms with van der Waals surface area (Å²) in [5, 5.41) is 2.64. The molecule has 0 aliphatic rings. The molecule has 2 aromatic carbocycles. The topological polar surface area (TPSA) is 42.0 Å². The van der Waals surface area contributed by atoms with E-state index in [2.05, 4.69) is 10.3 Å². The van der Waals surface area contributed by atoms with Crippen LogP contribution in [0.4, 0.5) is 10.2 Å². The van der Waals surface area contributed by atoms with E-state index in [0.29, 0.717) is 5.82 Å². The molecule has 24 heavy (non-hydrogen) atoms. The fourth-order valence-corrected chi connectivity index (χ4v) is 2.42. The summed E-state index contributed by atoms with van der Waals surface area (Å²) in [5.74, 6) is -0.631. The number of hydrogen-bond acceptors (Lipinski definition) is 2. The van der Waals surface area contributed by atoms with Crippen LogP contribution >= 0.6 is 0 Å². The molecule has 1 amide bonds. The van der Waals surface area contributed by atoms with Crippen molar-refractivity contribution in [1.29, 1.82) is 0 Å². The Morgan fingerprint density at radius 3 is 2.38 bits per heavy atom. The van der Waals surface area contributed by atoms with E-state index in [1.807, 2.05) is 44.2 Å². The number of aromatic nitrogens is 1. The molecule has 0 fully saturated rings. The quantitative estimate of drug-likeness (QED) is 0.756. The molecule has 4 heteroatoms. The molecule has 0 aliphatic carbocycles. The molecular formula is C20H17FN2O. The molecule has 0 spiro atoms. The van der Waals surface area contributed by atoms with Gasteiger partial charge in [-0.1, -0.05) is 42.0 Å². The van der Waals surface area contributed by atoms with Gasteiger partial charge in [-0.05, 0) is 48.7 Å². The van der Waals surface area contributed by atoms with E-state index in [1.54, 1.807) is 18.3 Å². The average molecular weight is 320 g/mol. The first-order chi connectivity index (χ1) is 11.5. The maximum atomic E-state index is 14.4. The van der Waals surface area contributed by atoms with Crippen LogP contribution in [0.3, 0.4) is 0 Å². The van der Waals surface area contributed by atoms with Crippen LogP contribution in [-0.2, 0) is 0 Å². The van der Waals surface area contributed by atoms with Crippen LogP contribution in [0.1, 0.15) is 21.5 Å². The van der Waals surface area contributed by atoms with Crippen molar-refractivity contribution in [1.82, 2.24) is 4.98 Å². The Morgan fingerprint density at radius 1 is 1.00 bits per heavy atom. The molecule has 3 rings (SSSR count). The Morgan fingerprint density at radius 2 is 1.71 bits per heavy atom. The van der Waals surface area contributed by atoms with Gasteiger partial charge >= 0.3 is 0 Å². The van der Waals surface area contributed by atoms with E-state index in [0.717, 1.165) is 22.3 Å². The molecule has 0 unspecified atom stereocenters. The zero-order valence-electron chi connectivity index (χ0n) is 13.5. The summed E-state index contributed by atoms with van der Waals surface area (Å²) in [5.41, 5.74) is 3.60. The van der Waals surface area contributed by atoms with Crippen molar-refractivity contribution in [3.05, 3.63) is 83.3 Å². The molecule has 120 valence electrons. The van der Waals surface area contributed by atoms with E-state index < -0.39 is 11.7 Å². The second kappa shape index (κ2) is 6.62. The highest BCUT2D eigenvalue weighted by Gasteiger charge is 2.14. The number of nitrogens with one attached hydrogen (secondary N) is 1. The lowest BCUT2D eigenvalue weighted by Crippen LogP contribution is -2.15. The minimum Gasteiger partial charge on any atom is -0.306 e. The second-order valence-electron chi connectivity index (χ2n) is 5.68. The Hall–Kier alpha value is -3.01. The molecule has 0 radical (unpaired) electrons. The maximum absolute atomic E-state index is 14.4. The first-order valence-electron chi connectivity index (χ1n) is 7.64. The van der Waals surface area contributed by atoms with Crippen molar-refractivity contribution in [2.24, 2.45) is 0 Å². The lowest BCUT2D eigenvalue weighted by Gasteiger charge is -2.09. The summed E-state index contributed by atoms with van der Waals surface area (Å²) in [4.78, 5) is 16.4. The van der Waals surface area contributed by atoms with Crippen molar-refractivity contribution in [2.75, 3.05) is 5.32 Å². The Balaban J connectivity index is 1.86. The number of anilines is 1. The fraction of sp³-hybridized carbons (Fsp3) is 0.100. The molecule has 0 atom stereocenters. The third-order valence-electron chi connectivity index (χ3n) is 3.84. The average Bonchev–Trinajstić information content (AvgIpc) is 2.57. The highest BCUT2D eigenvalue weighted by Crippen LogP contribution is 2.23. The third kappa shape index (κ3) is 3.33. The number of hydrogen-bond donors (Lipinski definition) is 1. The molecule has 0 saturated heterocycles. The summed E-state index contributed by atoms with van der Waals surface area (Å²) in [7, 11) is 0. The number of carbonyl (C=O) groups is 1. The van der Waals surface area contributed by atoms with Gasteiger partial charge in [0.2, 0.25) is 0 Å². The van der Waals surface area contributed by atoms with E-state index in [9.17, 15) is 9.18 Å². The molecule has 1 heterocycles. The number of aryl methyl sites for hydroxylation is 2. The Bertz CT molecular complexity index is 888. The maximum Gasteiger partial charge on any atom is 0.259 e. The predicted molar refractivity (Wildman–Crippen MR) is 93.5 cm³/mol. The van der Waals surface area contributed by atoms with Crippen LogP contribution in [0, 0.1) is 19.7 Å². The first-order valence-corrected chi connectivity index (χ1v) is 7.64. The van der Waals surface area contributed by atoms with Gasteiger partial charge in [0.05, 0.1) is 5.56 Å². The van der Waals surface area contributed by atoms with Gasteiger partial charge < -0.3 is 5.32 Å². The normalized spacial score (nSPS) is 10.5. The minimum absolute atomic E-state index is 0.00378. The largest absolute Gasteiger partial charge is 0.306 e. The molecule has 1 aromatic heterocycles. The van der Waals surface area contributed by atoms with Gasteiger partial charge in [0.15, 0.2) is 0 Å². The molecule has 1 N–H and O–H groups in total. The summed E-state index contributed by atoms with van der Waals surface area (Å²) >= 11 is 0. The van der Waals surface area contributed by atoms with Crippen molar-refractivity contribution in [3.63, 3.8) is 0 Å². The molecule has 0 bridgehead atoms.